The fraction of sp³-hybridized carbons (Fsp3) is 0.188. The van der Waals surface area contributed by atoms with Crippen LogP contribution in [0, 0.1) is 0 Å². The molecule has 2 aromatic carbocycles. The molecule has 0 radical (unpaired) electrons. The molecule has 3 rings (SSSR count). The Labute approximate surface area is 111 Å². The number of epoxide rings is 1. The van der Waals surface area contributed by atoms with E-state index in [0.29, 0.717) is 5.56 Å². The molecule has 2 aromatic rings. The first-order valence-electron chi connectivity index (χ1n) is 6.18. The molecule has 1 heterocycles. The molecule has 1 fully saturated rings. The molecule has 0 bridgehead atoms. The van der Waals surface area contributed by atoms with Crippen LogP contribution in [0.25, 0.3) is 0 Å². The van der Waals surface area contributed by atoms with E-state index in [1.54, 1.807) is 7.11 Å². The van der Waals surface area contributed by atoms with Gasteiger partial charge in [-0.25, -0.2) is 0 Å². The second-order valence-corrected chi connectivity index (χ2v) is 4.48. The Morgan fingerprint density at radius 1 is 1.05 bits per heavy atom. The smallest absolute Gasteiger partial charge is 0.194 e. The molecule has 3 nitrogen and oxygen atoms in total. The van der Waals surface area contributed by atoms with E-state index in [2.05, 4.69) is 0 Å². The molecule has 19 heavy (non-hydrogen) atoms. The molecule has 3 heteroatoms. The molecule has 0 N–H and O–H groups in total. The number of methoxy groups -OCH3 is 1. The number of carbonyl (C=O) groups excluding carboxylic acids is 1. The first-order valence-corrected chi connectivity index (χ1v) is 6.18. The third kappa shape index (κ3) is 2.37. The summed E-state index contributed by atoms with van der Waals surface area (Å²) in [6, 6.07) is 16.9. The van der Waals surface area contributed by atoms with E-state index in [0.717, 1.165) is 11.3 Å². The molecule has 1 saturated heterocycles. The normalized spacial score (nSPS) is 20.9. The minimum absolute atomic E-state index is 0.0430. The Bertz CT molecular complexity index is 575. The summed E-state index contributed by atoms with van der Waals surface area (Å²) >= 11 is 0. The van der Waals surface area contributed by atoms with Crippen molar-refractivity contribution in [3.8, 4) is 5.75 Å². The predicted octanol–water partition coefficient (Wildman–Crippen LogP) is 3.02. The largest absolute Gasteiger partial charge is 0.497 e. The number of hydrogen-bond donors (Lipinski definition) is 0. The van der Waals surface area contributed by atoms with Gasteiger partial charge in [0.2, 0.25) is 0 Å². The molecular weight excluding hydrogens is 240 g/mol. The van der Waals surface area contributed by atoms with E-state index in [1.807, 2.05) is 54.6 Å². The lowest BCUT2D eigenvalue weighted by atomic mass is 10.0. The molecule has 1 aliphatic heterocycles. The first kappa shape index (κ1) is 11.9. The predicted molar refractivity (Wildman–Crippen MR) is 71.4 cm³/mol. The third-order valence-corrected chi connectivity index (χ3v) is 3.25. The van der Waals surface area contributed by atoms with E-state index in [4.69, 9.17) is 9.47 Å². The second kappa shape index (κ2) is 4.86. The van der Waals surface area contributed by atoms with Crippen molar-refractivity contribution in [2.45, 2.75) is 12.2 Å². The standard InChI is InChI=1S/C16H14O3/c1-18-13-9-7-12(8-10-13)15-16(19-15)14(17)11-5-3-2-4-6-11/h2-10,15-16H,1H3/t15-,16+/m1/s1. The number of ether oxygens (including phenoxy) is 2. The Morgan fingerprint density at radius 3 is 2.37 bits per heavy atom. The van der Waals surface area contributed by atoms with Gasteiger partial charge in [-0.05, 0) is 17.7 Å². The molecule has 0 amide bonds. The van der Waals surface area contributed by atoms with Gasteiger partial charge in [-0.2, -0.15) is 0 Å². The fourth-order valence-electron chi connectivity index (χ4n) is 2.13. The van der Waals surface area contributed by atoms with Gasteiger partial charge in [-0.3, -0.25) is 4.79 Å². The molecule has 0 aromatic heterocycles. The monoisotopic (exact) mass is 254 g/mol. The van der Waals surface area contributed by atoms with Gasteiger partial charge < -0.3 is 9.47 Å². The SMILES string of the molecule is COc1ccc([C@H]2O[C@H]2C(=O)c2ccccc2)cc1. The lowest BCUT2D eigenvalue weighted by Gasteiger charge is -2.00. The zero-order valence-electron chi connectivity index (χ0n) is 10.6. The van der Waals surface area contributed by atoms with E-state index >= 15 is 0 Å². The van der Waals surface area contributed by atoms with Crippen LogP contribution in [0.2, 0.25) is 0 Å². The van der Waals surface area contributed by atoms with Crippen LogP contribution < -0.4 is 4.74 Å². The highest BCUT2D eigenvalue weighted by molar-refractivity contribution is 6.01. The van der Waals surface area contributed by atoms with Gasteiger partial charge in [0.25, 0.3) is 0 Å². The second-order valence-electron chi connectivity index (χ2n) is 4.48. The Kier molecular flexibility index (Phi) is 3.05. The topological polar surface area (TPSA) is 38.8 Å². The van der Waals surface area contributed by atoms with Crippen molar-refractivity contribution < 1.29 is 14.3 Å². The summed E-state index contributed by atoms with van der Waals surface area (Å²) < 4.78 is 10.6. The van der Waals surface area contributed by atoms with Crippen molar-refractivity contribution in [2.24, 2.45) is 0 Å². The maximum absolute atomic E-state index is 12.2. The van der Waals surface area contributed by atoms with Crippen LogP contribution in [-0.2, 0) is 4.74 Å². The van der Waals surface area contributed by atoms with Crippen molar-refractivity contribution in [3.63, 3.8) is 0 Å². The summed E-state index contributed by atoms with van der Waals surface area (Å²) in [6.07, 6.45) is -0.477. The number of benzene rings is 2. The summed E-state index contributed by atoms with van der Waals surface area (Å²) in [5.74, 6) is 0.844. The van der Waals surface area contributed by atoms with Gasteiger partial charge in [0.1, 0.15) is 11.9 Å². The van der Waals surface area contributed by atoms with Crippen LogP contribution in [0.15, 0.2) is 54.6 Å². The molecule has 0 spiro atoms. The minimum atomic E-state index is -0.351. The van der Waals surface area contributed by atoms with Crippen LogP contribution in [0.3, 0.4) is 0 Å². The van der Waals surface area contributed by atoms with Gasteiger partial charge >= 0.3 is 0 Å². The van der Waals surface area contributed by atoms with Crippen LogP contribution in [0.1, 0.15) is 22.0 Å². The fourth-order valence-corrected chi connectivity index (χ4v) is 2.13. The Balaban J connectivity index is 1.72. The summed E-state index contributed by atoms with van der Waals surface area (Å²) in [5, 5.41) is 0. The minimum Gasteiger partial charge on any atom is -0.497 e. The van der Waals surface area contributed by atoms with Gasteiger partial charge in [0.15, 0.2) is 11.9 Å². The van der Waals surface area contributed by atoms with Crippen molar-refractivity contribution in [1.82, 2.24) is 0 Å². The zero-order valence-corrected chi connectivity index (χ0v) is 10.6. The van der Waals surface area contributed by atoms with Crippen LogP contribution in [0.5, 0.6) is 5.75 Å². The van der Waals surface area contributed by atoms with E-state index in [9.17, 15) is 4.79 Å². The van der Waals surface area contributed by atoms with Gasteiger partial charge in [-0.1, -0.05) is 42.5 Å². The highest BCUT2D eigenvalue weighted by Gasteiger charge is 2.46. The van der Waals surface area contributed by atoms with Crippen molar-refractivity contribution in [1.29, 1.82) is 0 Å². The molecule has 2 atom stereocenters. The lowest BCUT2D eigenvalue weighted by molar-refractivity contribution is 0.0953. The number of carbonyl (C=O) groups is 1. The van der Waals surface area contributed by atoms with Gasteiger partial charge in [-0.15, -0.1) is 0 Å². The Morgan fingerprint density at radius 2 is 1.74 bits per heavy atom. The maximum Gasteiger partial charge on any atom is 0.194 e. The highest BCUT2D eigenvalue weighted by Crippen LogP contribution is 2.40. The van der Waals surface area contributed by atoms with Crippen LogP contribution >= 0.6 is 0 Å². The van der Waals surface area contributed by atoms with E-state index in [1.165, 1.54) is 0 Å². The first-order chi connectivity index (χ1) is 9.29. The summed E-state index contributed by atoms with van der Waals surface area (Å²) in [4.78, 5) is 12.2. The van der Waals surface area contributed by atoms with Crippen molar-refractivity contribution >= 4 is 5.78 Å². The zero-order chi connectivity index (χ0) is 13.2. The van der Waals surface area contributed by atoms with E-state index in [-0.39, 0.29) is 18.0 Å². The van der Waals surface area contributed by atoms with Crippen LogP contribution in [-0.4, -0.2) is 19.0 Å². The van der Waals surface area contributed by atoms with Crippen LogP contribution in [0.4, 0.5) is 0 Å². The third-order valence-electron chi connectivity index (χ3n) is 3.25. The number of rotatable bonds is 4. The average Bonchev–Trinajstić information content (AvgIpc) is 3.28. The number of ketones is 1. The molecule has 96 valence electrons. The quantitative estimate of drug-likeness (QED) is 0.622. The van der Waals surface area contributed by atoms with E-state index < -0.39 is 0 Å². The van der Waals surface area contributed by atoms with Gasteiger partial charge in [0.05, 0.1) is 7.11 Å². The highest BCUT2D eigenvalue weighted by atomic mass is 16.6. The molecule has 0 saturated carbocycles. The van der Waals surface area contributed by atoms with Crippen molar-refractivity contribution in [2.75, 3.05) is 7.11 Å². The molecule has 1 aliphatic rings. The molecule has 0 unspecified atom stereocenters. The summed E-state index contributed by atoms with van der Waals surface area (Å²) in [6.45, 7) is 0. The maximum atomic E-state index is 12.2. The van der Waals surface area contributed by atoms with Gasteiger partial charge in [0, 0.05) is 5.56 Å². The molecular formula is C16H14O3. The average molecular weight is 254 g/mol. The summed E-state index contributed by atoms with van der Waals surface area (Å²) in [5.41, 5.74) is 1.71. The number of hydrogen-bond acceptors (Lipinski definition) is 3. The lowest BCUT2D eigenvalue weighted by Crippen LogP contribution is -2.07. The number of Topliss-reactive ketones (excluding diaryl/α,β-unsaturated/α-hetero) is 1. The van der Waals surface area contributed by atoms with Crippen molar-refractivity contribution in [3.05, 3.63) is 65.7 Å². The molecule has 0 aliphatic carbocycles. The Hall–Kier alpha value is -2.13. The summed E-state index contributed by atoms with van der Waals surface area (Å²) in [7, 11) is 1.63.